The van der Waals surface area contributed by atoms with Crippen LogP contribution < -0.4 is 9.47 Å². The zero-order valence-electron chi connectivity index (χ0n) is 25.7. The van der Waals surface area contributed by atoms with E-state index in [0.717, 1.165) is 43.6 Å². The number of halogens is 4. The van der Waals surface area contributed by atoms with Crippen molar-refractivity contribution in [1.82, 2.24) is 9.97 Å². The number of unbranched alkanes of at least 4 members (excludes halogenated alkanes) is 8. The molecule has 0 bridgehead atoms. The molecule has 0 aliphatic rings. The van der Waals surface area contributed by atoms with Crippen molar-refractivity contribution >= 4 is 11.9 Å². The Bertz CT molecular complexity index is 1350. The van der Waals surface area contributed by atoms with Gasteiger partial charge in [-0.2, -0.15) is 13.2 Å². The zero-order chi connectivity index (χ0) is 32.7. The minimum absolute atomic E-state index is 0.0587. The summed E-state index contributed by atoms with van der Waals surface area (Å²) in [6, 6.07) is 9.90. The Morgan fingerprint density at radius 3 is 2.02 bits per heavy atom. The topological polar surface area (TPSA) is 87.6 Å². The Hall–Kier alpha value is -4.02. The Morgan fingerprint density at radius 2 is 1.40 bits per heavy atom. The number of hydrogen-bond acceptors (Lipinski definition) is 7. The second kappa shape index (κ2) is 18.1. The number of rotatable bonds is 18. The van der Waals surface area contributed by atoms with Crippen LogP contribution in [-0.4, -0.2) is 40.8 Å². The molecule has 45 heavy (non-hydrogen) atoms. The van der Waals surface area contributed by atoms with E-state index in [1.807, 2.05) is 19.1 Å². The molecule has 244 valence electrons. The lowest BCUT2D eigenvalue weighted by molar-refractivity contribution is -0.206. The lowest BCUT2D eigenvalue weighted by Crippen LogP contribution is -2.33. The maximum atomic E-state index is 14.7. The van der Waals surface area contributed by atoms with Gasteiger partial charge in [0.1, 0.15) is 5.75 Å². The van der Waals surface area contributed by atoms with E-state index in [9.17, 15) is 27.2 Å². The molecule has 0 N–H and O–H groups in total. The molecule has 0 saturated heterocycles. The molecular formula is C34H40F4N2O5. The monoisotopic (exact) mass is 632 g/mol. The second-order valence-corrected chi connectivity index (χ2v) is 10.8. The van der Waals surface area contributed by atoms with E-state index in [2.05, 4.69) is 21.6 Å². The molecule has 0 aliphatic heterocycles. The number of ether oxygens (including phenoxy) is 3. The van der Waals surface area contributed by atoms with Crippen LogP contribution >= 0.6 is 0 Å². The fourth-order valence-electron chi connectivity index (χ4n) is 4.47. The van der Waals surface area contributed by atoms with Crippen LogP contribution in [0.3, 0.4) is 0 Å². The van der Waals surface area contributed by atoms with Gasteiger partial charge in [-0.1, -0.05) is 65.2 Å². The summed E-state index contributed by atoms with van der Waals surface area (Å²) in [6.07, 6.45) is 4.52. The first kappa shape index (κ1) is 35.5. The number of carbonyl (C=O) groups is 2. The maximum absolute atomic E-state index is 14.7. The summed E-state index contributed by atoms with van der Waals surface area (Å²) in [4.78, 5) is 33.3. The predicted octanol–water partition coefficient (Wildman–Crippen LogP) is 9.30. The smallest absolute Gasteiger partial charge is 0.425 e. The number of benzene rings is 2. The third-order valence-electron chi connectivity index (χ3n) is 7.07. The average molecular weight is 633 g/mol. The van der Waals surface area contributed by atoms with Crippen molar-refractivity contribution in [3.8, 4) is 22.9 Å². The van der Waals surface area contributed by atoms with Crippen molar-refractivity contribution in [2.24, 2.45) is 0 Å². The van der Waals surface area contributed by atoms with Crippen molar-refractivity contribution in [2.75, 3.05) is 6.61 Å². The molecule has 0 aliphatic carbocycles. The van der Waals surface area contributed by atoms with Crippen LogP contribution in [0.1, 0.15) is 105 Å². The van der Waals surface area contributed by atoms with Crippen LogP contribution in [0.5, 0.6) is 11.5 Å². The third-order valence-corrected chi connectivity index (χ3v) is 7.07. The number of nitrogens with zero attached hydrogens (tertiary/aromatic N) is 2. The van der Waals surface area contributed by atoms with Crippen LogP contribution in [0.2, 0.25) is 0 Å². The van der Waals surface area contributed by atoms with Crippen LogP contribution in [0.25, 0.3) is 11.4 Å². The van der Waals surface area contributed by atoms with Gasteiger partial charge in [0.15, 0.2) is 23.5 Å². The average Bonchev–Trinajstić information content (AvgIpc) is 3.02. The number of alkyl halides is 3. The number of hydrogen-bond donors (Lipinski definition) is 0. The van der Waals surface area contributed by atoms with Crippen LogP contribution in [0.15, 0.2) is 54.9 Å². The molecule has 3 aromatic rings. The van der Waals surface area contributed by atoms with Gasteiger partial charge in [-0.25, -0.2) is 23.9 Å². The molecule has 2 aromatic carbocycles. The van der Waals surface area contributed by atoms with E-state index < -0.39 is 41.3 Å². The summed E-state index contributed by atoms with van der Waals surface area (Å²) in [7, 11) is 0. The van der Waals surface area contributed by atoms with Gasteiger partial charge >= 0.3 is 18.1 Å². The SMILES string of the molecule is CCCCCCCCOc1ccc(-c2ncc(C(=O)Oc3ccc(C(=O)OC(CCCCCC)C(F)(F)F)cc3F)cn2)cc1. The number of carbonyl (C=O) groups excluding carboxylic acids is 2. The first-order valence-corrected chi connectivity index (χ1v) is 15.5. The highest BCUT2D eigenvalue weighted by molar-refractivity contribution is 5.91. The predicted molar refractivity (Wildman–Crippen MR) is 162 cm³/mol. The minimum Gasteiger partial charge on any atom is -0.494 e. The van der Waals surface area contributed by atoms with Crippen molar-refractivity contribution < 1.29 is 41.4 Å². The highest BCUT2D eigenvalue weighted by Gasteiger charge is 2.42. The van der Waals surface area contributed by atoms with E-state index in [4.69, 9.17) is 9.47 Å². The lowest BCUT2D eigenvalue weighted by atomic mass is 10.1. The summed E-state index contributed by atoms with van der Waals surface area (Å²) < 4.78 is 70.3. The van der Waals surface area contributed by atoms with Crippen LogP contribution in [0.4, 0.5) is 17.6 Å². The van der Waals surface area contributed by atoms with Crippen LogP contribution in [-0.2, 0) is 4.74 Å². The summed E-state index contributed by atoms with van der Waals surface area (Å²) >= 11 is 0. The Labute approximate surface area is 261 Å². The van der Waals surface area contributed by atoms with E-state index in [1.54, 1.807) is 12.1 Å². The lowest BCUT2D eigenvalue weighted by Gasteiger charge is -2.20. The quantitative estimate of drug-likeness (QED) is 0.0598. The fraction of sp³-hybridized carbons (Fsp3) is 0.471. The van der Waals surface area contributed by atoms with Crippen molar-refractivity contribution in [1.29, 1.82) is 0 Å². The molecule has 7 nitrogen and oxygen atoms in total. The molecule has 11 heteroatoms. The van der Waals surface area contributed by atoms with Gasteiger partial charge in [-0.15, -0.1) is 0 Å². The molecule has 1 aromatic heterocycles. The highest BCUT2D eigenvalue weighted by atomic mass is 19.4. The molecule has 0 radical (unpaired) electrons. The molecule has 0 fully saturated rings. The van der Waals surface area contributed by atoms with Crippen molar-refractivity contribution in [3.63, 3.8) is 0 Å². The van der Waals surface area contributed by atoms with Gasteiger partial charge in [0, 0.05) is 18.0 Å². The second-order valence-electron chi connectivity index (χ2n) is 10.8. The fourth-order valence-corrected chi connectivity index (χ4v) is 4.47. The van der Waals surface area contributed by atoms with E-state index in [1.165, 1.54) is 38.1 Å². The third kappa shape index (κ3) is 11.8. The maximum Gasteiger partial charge on any atom is 0.425 e. The summed E-state index contributed by atoms with van der Waals surface area (Å²) in [5.74, 6) is -2.85. The molecule has 0 spiro atoms. The normalized spacial score (nSPS) is 12.0. The molecule has 0 saturated carbocycles. The molecule has 0 amide bonds. The molecule has 1 heterocycles. The van der Waals surface area contributed by atoms with E-state index in [0.29, 0.717) is 30.5 Å². The Balaban J connectivity index is 1.53. The zero-order valence-corrected chi connectivity index (χ0v) is 25.7. The Kier molecular flexibility index (Phi) is 14.2. The molecule has 1 unspecified atom stereocenters. The number of aromatic nitrogens is 2. The largest absolute Gasteiger partial charge is 0.494 e. The minimum atomic E-state index is -4.75. The molecular weight excluding hydrogens is 592 g/mol. The van der Waals surface area contributed by atoms with Gasteiger partial charge in [-0.05, 0) is 61.7 Å². The van der Waals surface area contributed by atoms with Crippen molar-refractivity contribution in [3.05, 3.63) is 71.8 Å². The van der Waals surface area contributed by atoms with Gasteiger partial charge in [0.25, 0.3) is 0 Å². The summed E-state index contributed by atoms with van der Waals surface area (Å²) in [6.45, 7) is 4.76. The Morgan fingerprint density at radius 1 is 0.778 bits per heavy atom. The van der Waals surface area contributed by atoms with Gasteiger partial charge in [0.2, 0.25) is 0 Å². The summed E-state index contributed by atoms with van der Waals surface area (Å²) in [5, 5.41) is 0. The molecule has 3 rings (SSSR count). The van der Waals surface area contributed by atoms with Gasteiger partial charge in [0.05, 0.1) is 17.7 Å². The van der Waals surface area contributed by atoms with Crippen molar-refractivity contribution in [2.45, 2.75) is 96.8 Å². The van der Waals surface area contributed by atoms with Gasteiger partial charge in [-0.3, -0.25) is 0 Å². The highest BCUT2D eigenvalue weighted by Crippen LogP contribution is 2.29. The van der Waals surface area contributed by atoms with E-state index >= 15 is 0 Å². The summed E-state index contributed by atoms with van der Waals surface area (Å²) in [5.41, 5.74) is 0.197. The molecule has 1 atom stereocenters. The van der Waals surface area contributed by atoms with Gasteiger partial charge < -0.3 is 14.2 Å². The van der Waals surface area contributed by atoms with Crippen LogP contribution in [0, 0.1) is 5.82 Å². The first-order valence-electron chi connectivity index (χ1n) is 15.5. The standard InChI is InChI=1S/C34H40F4N2O5/c1-3-5-7-9-10-12-20-43-27-17-14-24(15-18-27)31-39-22-26(23-40-31)33(42)44-29-19-16-25(21-28(29)35)32(41)45-30(34(36,37)38)13-11-8-6-4-2/h14-19,21-23,30H,3-13,20H2,1-2H3. The van der Waals surface area contributed by atoms with E-state index in [-0.39, 0.29) is 18.4 Å². The first-order chi connectivity index (χ1) is 21.6. The number of esters is 2.